The number of hydrogen-bond donors (Lipinski definition) is 0. The van der Waals surface area contributed by atoms with Crippen LogP contribution in [0.2, 0.25) is 15.1 Å². The van der Waals surface area contributed by atoms with Crippen LogP contribution in [0.3, 0.4) is 0 Å². The molecule has 34 heavy (non-hydrogen) atoms. The van der Waals surface area contributed by atoms with Crippen LogP contribution >= 0.6 is 50.7 Å². The maximum absolute atomic E-state index is 13.3. The van der Waals surface area contributed by atoms with Crippen LogP contribution in [-0.4, -0.2) is 18.4 Å². The zero-order chi connectivity index (χ0) is 24.7. The average Bonchev–Trinajstić information content (AvgIpc) is 2.82. The van der Waals surface area contributed by atoms with Crippen molar-refractivity contribution in [1.29, 1.82) is 0 Å². The fourth-order valence-electron chi connectivity index (χ4n) is 3.00. The topological polar surface area (TPSA) is 78.9 Å². The Kier molecular flexibility index (Phi) is 8.97. The predicted molar refractivity (Wildman–Crippen MR) is 130 cm³/mol. The van der Waals surface area contributed by atoms with E-state index in [0.717, 1.165) is 4.47 Å². The van der Waals surface area contributed by atoms with Crippen molar-refractivity contribution >= 4 is 69.1 Å². The van der Waals surface area contributed by atoms with Gasteiger partial charge in [0.25, 0.3) is 6.47 Å². The molecule has 0 aliphatic heterocycles. The predicted octanol–water partition coefficient (Wildman–Crippen LogP) is 6.26. The molecule has 6 nitrogen and oxygen atoms in total. The monoisotopic (exact) mass is 584 g/mol. The van der Waals surface area contributed by atoms with Crippen LogP contribution in [-0.2, 0) is 47.4 Å². The highest BCUT2D eigenvalue weighted by molar-refractivity contribution is 9.10. The highest BCUT2D eigenvalue weighted by atomic mass is 79.9. The first kappa shape index (κ1) is 26.0. The molecule has 0 amide bonds. The molecule has 0 aliphatic carbocycles. The van der Waals surface area contributed by atoms with E-state index < -0.39 is 17.5 Å². The first-order chi connectivity index (χ1) is 16.3. The second-order valence-corrected chi connectivity index (χ2v) is 9.06. The fourth-order valence-corrected chi connectivity index (χ4v) is 3.99. The third-order valence-corrected chi connectivity index (χ3v) is 6.16. The van der Waals surface area contributed by atoms with Gasteiger partial charge in [0.2, 0.25) is 0 Å². The van der Waals surface area contributed by atoms with Gasteiger partial charge in [-0.05, 0) is 35.9 Å². The number of rotatable bonds is 9. The van der Waals surface area contributed by atoms with Crippen LogP contribution in [0.15, 0.2) is 71.2 Å². The Balaban J connectivity index is 1.94. The Morgan fingerprint density at radius 2 is 1.50 bits per heavy atom. The second kappa shape index (κ2) is 11.7. The Morgan fingerprint density at radius 3 is 2.12 bits per heavy atom. The lowest BCUT2D eigenvalue weighted by Crippen LogP contribution is -2.48. The van der Waals surface area contributed by atoms with Crippen molar-refractivity contribution < 1.29 is 28.6 Å². The van der Waals surface area contributed by atoms with Gasteiger partial charge in [0, 0.05) is 30.7 Å². The quantitative estimate of drug-likeness (QED) is 0.127. The lowest BCUT2D eigenvalue weighted by atomic mass is 9.93. The highest BCUT2D eigenvalue weighted by Crippen LogP contribution is 2.35. The number of ether oxygens (including phenoxy) is 3. The summed E-state index contributed by atoms with van der Waals surface area (Å²) in [6.45, 7) is -0.569. The van der Waals surface area contributed by atoms with E-state index in [0.29, 0.717) is 16.1 Å². The molecule has 1 atom stereocenters. The summed E-state index contributed by atoms with van der Waals surface area (Å²) in [5, 5.41) is 0.635. The minimum absolute atomic E-state index is 0.00795. The Morgan fingerprint density at radius 1 is 0.853 bits per heavy atom. The molecule has 3 aromatic rings. The minimum Gasteiger partial charge on any atom is -0.457 e. The van der Waals surface area contributed by atoms with Crippen LogP contribution < -0.4 is 0 Å². The van der Waals surface area contributed by atoms with Crippen molar-refractivity contribution in [3.05, 3.63) is 103 Å². The molecule has 0 N–H and O–H groups in total. The SMILES string of the molecule is O=COC(C(=O)OCc1ccc(Br)cc1)(C(=O)OCc1ccc(Cl)cc1Cl)c1ccccc1Cl. The number of esters is 2. The number of benzene rings is 3. The van der Waals surface area contributed by atoms with Crippen molar-refractivity contribution in [2.24, 2.45) is 0 Å². The summed E-state index contributed by atoms with van der Waals surface area (Å²) in [4.78, 5) is 38.1. The summed E-state index contributed by atoms with van der Waals surface area (Å²) in [6.07, 6.45) is 0. The summed E-state index contributed by atoms with van der Waals surface area (Å²) in [5.74, 6) is -2.39. The lowest BCUT2D eigenvalue weighted by molar-refractivity contribution is -0.194. The van der Waals surface area contributed by atoms with E-state index in [-0.39, 0.29) is 35.3 Å². The van der Waals surface area contributed by atoms with E-state index in [2.05, 4.69) is 15.9 Å². The molecular weight excluding hydrogens is 571 g/mol. The first-order valence-electron chi connectivity index (χ1n) is 9.67. The molecule has 0 heterocycles. The van der Waals surface area contributed by atoms with Gasteiger partial charge in [-0.2, -0.15) is 0 Å². The molecule has 3 aromatic carbocycles. The van der Waals surface area contributed by atoms with Gasteiger partial charge in [-0.15, -0.1) is 0 Å². The Bertz CT molecular complexity index is 1200. The van der Waals surface area contributed by atoms with Gasteiger partial charge in [0.15, 0.2) is 0 Å². The van der Waals surface area contributed by atoms with E-state index in [4.69, 9.17) is 49.0 Å². The van der Waals surface area contributed by atoms with Crippen LogP contribution in [0.5, 0.6) is 0 Å². The smallest absolute Gasteiger partial charge is 0.367 e. The van der Waals surface area contributed by atoms with Crippen LogP contribution in [0, 0.1) is 0 Å². The van der Waals surface area contributed by atoms with E-state index >= 15 is 0 Å². The molecule has 0 saturated carbocycles. The third kappa shape index (κ3) is 5.91. The molecule has 0 fully saturated rings. The zero-order valence-electron chi connectivity index (χ0n) is 17.3. The maximum Gasteiger partial charge on any atom is 0.367 e. The molecular formula is C24H16BrCl3O6. The van der Waals surface area contributed by atoms with Gasteiger partial charge in [0.1, 0.15) is 13.2 Å². The summed E-state index contributed by atoms with van der Waals surface area (Å²) < 4.78 is 16.6. The molecule has 0 radical (unpaired) electrons. The van der Waals surface area contributed by atoms with Crippen LogP contribution in [0.25, 0.3) is 0 Å². The molecule has 0 bridgehead atoms. The average molecular weight is 587 g/mol. The highest BCUT2D eigenvalue weighted by Gasteiger charge is 2.55. The van der Waals surface area contributed by atoms with Crippen molar-refractivity contribution in [3.63, 3.8) is 0 Å². The Labute approximate surface area is 218 Å². The molecule has 0 aromatic heterocycles. The zero-order valence-corrected chi connectivity index (χ0v) is 21.2. The molecule has 3 rings (SSSR count). The van der Waals surface area contributed by atoms with Gasteiger partial charge >= 0.3 is 17.5 Å². The van der Waals surface area contributed by atoms with E-state index in [1.807, 2.05) is 0 Å². The number of carbonyl (C=O) groups excluding carboxylic acids is 3. The first-order valence-corrected chi connectivity index (χ1v) is 11.6. The maximum atomic E-state index is 13.3. The molecule has 176 valence electrons. The number of halogens is 4. The molecule has 1 unspecified atom stereocenters. The van der Waals surface area contributed by atoms with Gasteiger partial charge in [-0.1, -0.05) is 87.1 Å². The van der Waals surface area contributed by atoms with Crippen LogP contribution in [0.4, 0.5) is 0 Å². The Hall–Kier alpha value is -2.58. The van der Waals surface area contributed by atoms with E-state index in [1.165, 1.54) is 24.3 Å². The van der Waals surface area contributed by atoms with Gasteiger partial charge in [0.05, 0.1) is 0 Å². The second-order valence-electron chi connectivity index (χ2n) is 6.89. The third-order valence-electron chi connectivity index (χ3n) is 4.71. The van der Waals surface area contributed by atoms with Crippen LogP contribution in [0.1, 0.15) is 16.7 Å². The number of carbonyl (C=O) groups is 3. The molecule has 0 spiro atoms. The largest absolute Gasteiger partial charge is 0.457 e. The lowest BCUT2D eigenvalue weighted by Gasteiger charge is -2.28. The normalized spacial score (nSPS) is 12.4. The molecule has 0 saturated heterocycles. The fraction of sp³-hybridized carbons (Fsp3) is 0.125. The van der Waals surface area contributed by atoms with Gasteiger partial charge < -0.3 is 14.2 Å². The summed E-state index contributed by atoms with van der Waals surface area (Å²) in [5.41, 5.74) is -1.66. The van der Waals surface area contributed by atoms with Crippen molar-refractivity contribution in [1.82, 2.24) is 0 Å². The molecule has 10 heteroatoms. The standard InChI is InChI=1S/C24H16BrCl3O6/c25-17-8-5-15(6-9-17)12-32-22(30)24(34-14-29,19-3-1-2-4-20(19)27)23(31)33-13-16-7-10-18(26)11-21(16)28/h1-11,14H,12-13H2. The van der Waals surface area contributed by atoms with Gasteiger partial charge in [-0.25, -0.2) is 9.59 Å². The van der Waals surface area contributed by atoms with Crippen molar-refractivity contribution in [2.75, 3.05) is 0 Å². The summed E-state index contributed by atoms with van der Waals surface area (Å²) in [6, 6.07) is 17.5. The summed E-state index contributed by atoms with van der Waals surface area (Å²) >= 11 is 21.6. The number of hydrogen-bond acceptors (Lipinski definition) is 6. The van der Waals surface area contributed by atoms with Crippen molar-refractivity contribution in [2.45, 2.75) is 18.8 Å². The van der Waals surface area contributed by atoms with Crippen molar-refractivity contribution in [3.8, 4) is 0 Å². The van der Waals surface area contributed by atoms with E-state index in [9.17, 15) is 14.4 Å². The van der Waals surface area contributed by atoms with E-state index in [1.54, 1.807) is 42.5 Å². The van der Waals surface area contributed by atoms with Gasteiger partial charge in [-0.3, -0.25) is 4.79 Å². The summed E-state index contributed by atoms with van der Waals surface area (Å²) in [7, 11) is 0. The minimum atomic E-state index is -2.60. The molecule has 0 aliphatic rings.